The van der Waals surface area contributed by atoms with Gasteiger partial charge in [0.1, 0.15) is 0 Å². The van der Waals surface area contributed by atoms with Crippen LogP contribution >= 0.6 is 11.8 Å². The molecule has 2 aromatic carbocycles. The molecule has 0 fully saturated rings. The normalized spacial score (nSPS) is 10.7. The summed E-state index contributed by atoms with van der Waals surface area (Å²) in [6.07, 6.45) is 5.64. The molecule has 0 unspecified atom stereocenters. The lowest BCUT2D eigenvalue weighted by atomic mass is 10.1. The van der Waals surface area contributed by atoms with Gasteiger partial charge in [0, 0.05) is 23.1 Å². The molecule has 0 spiro atoms. The first-order chi connectivity index (χ1) is 13.9. The predicted molar refractivity (Wildman–Crippen MR) is 118 cm³/mol. The molecule has 154 valence electrons. The van der Waals surface area contributed by atoms with Crippen LogP contribution in [0, 0.1) is 0 Å². The first-order valence-corrected chi connectivity index (χ1v) is 10.2. The fourth-order valence-corrected chi connectivity index (χ4v) is 3.42. The lowest BCUT2D eigenvalue weighted by Gasteiger charge is -2.19. The van der Waals surface area contributed by atoms with Crippen LogP contribution in [0.15, 0.2) is 47.4 Å². The van der Waals surface area contributed by atoms with Crippen molar-refractivity contribution >= 4 is 35.3 Å². The number of nitrogens with zero attached hydrogens (tertiary/aromatic N) is 1. The van der Waals surface area contributed by atoms with Crippen molar-refractivity contribution in [2.24, 2.45) is 0 Å². The fraction of sp³-hybridized carbons (Fsp3) is 0.273. The Kier molecular flexibility index (Phi) is 8.15. The van der Waals surface area contributed by atoms with Gasteiger partial charge in [0.25, 0.3) is 5.91 Å². The Balaban J connectivity index is 2.19. The number of hydrogen-bond donors (Lipinski definition) is 1. The first-order valence-electron chi connectivity index (χ1n) is 9.02. The Labute approximate surface area is 175 Å². The van der Waals surface area contributed by atoms with E-state index < -0.39 is 0 Å². The summed E-state index contributed by atoms with van der Waals surface area (Å²) in [7, 11) is 4.66. The highest BCUT2D eigenvalue weighted by atomic mass is 32.2. The van der Waals surface area contributed by atoms with E-state index in [1.54, 1.807) is 38.1 Å². The third-order valence-corrected chi connectivity index (χ3v) is 5.01. The van der Waals surface area contributed by atoms with Crippen LogP contribution in [0.25, 0.3) is 6.08 Å². The van der Waals surface area contributed by atoms with Gasteiger partial charge < -0.3 is 19.7 Å². The Bertz CT molecular complexity index is 912. The zero-order valence-electron chi connectivity index (χ0n) is 17.3. The van der Waals surface area contributed by atoms with Crippen LogP contribution in [0.1, 0.15) is 22.8 Å². The van der Waals surface area contributed by atoms with E-state index in [0.29, 0.717) is 17.1 Å². The summed E-state index contributed by atoms with van der Waals surface area (Å²) in [4.78, 5) is 27.7. The third kappa shape index (κ3) is 5.54. The summed E-state index contributed by atoms with van der Waals surface area (Å²) < 4.78 is 10.8. The van der Waals surface area contributed by atoms with E-state index in [0.717, 1.165) is 16.1 Å². The van der Waals surface area contributed by atoms with Gasteiger partial charge in [0.15, 0.2) is 11.5 Å². The average molecular weight is 415 g/mol. The van der Waals surface area contributed by atoms with Crippen molar-refractivity contribution in [3.63, 3.8) is 0 Å². The number of carbonyl (C=O) groups is 2. The predicted octanol–water partition coefficient (Wildman–Crippen LogP) is 4.17. The van der Waals surface area contributed by atoms with E-state index >= 15 is 0 Å². The number of allylic oxidation sites excluding steroid dienone is 1. The lowest BCUT2D eigenvalue weighted by molar-refractivity contribution is -0.116. The summed E-state index contributed by atoms with van der Waals surface area (Å²) in [5.41, 5.74) is 1.87. The van der Waals surface area contributed by atoms with Gasteiger partial charge in [0.2, 0.25) is 5.91 Å². The highest BCUT2D eigenvalue weighted by Gasteiger charge is 2.19. The van der Waals surface area contributed by atoms with Crippen molar-refractivity contribution in [2.75, 3.05) is 39.4 Å². The SMILES string of the molecule is CC=Cc1cc(C(=O)N(C)CC(=O)Nc2ccccc2SC)cc(OC)c1OC. The van der Waals surface area contributed by atoms with Gasteiger partial charge in [-0.15, -0.1) is 11.8 Å². The first kappa shape index (κ1) is 22.4. The summed E-state index contributed by atoms with van der Waals surface area (Å²) in [6, 6.07) is 10.9. The van der Waals surface area contributed by atoms with Crippen molar-refractivity contribution in [3.05, 3.63) is 53.6 Å². The number of para-hydroxylation sites is 1. The second kappa shape index (κ2) is 10.6. The number of hydrogen-bond acceptors (Lipinski definition) is 5. The molecule has 0 saturated carbocycles. The molecule has 7 heteroatoms. The monoisotopic (exact) mass is 414 g/mol. The molecule has 0 saturated heterocycles. The molecular formula is C22H26N2O4S. The molecular weight excluding hydrogens is 388 g/mol. The van der Waals surface area contributed by atoms with E-state index in [1.807, 2.05) is 49.6 Å². The molecule has 0 aliphatic heterocycles. The summed E-state index contributed by atoms with van der Waals surface area (Å²) in [5, 5.41) is 2.86. The minimum Gasteiger partial charge on any atom is -0.493 e. The van der Waals surface area contributed by atoms with Crippen molar-refractivity contribution in [2.45, 2.75) is 11.8 Å². The molecule has 0 atom stereocenters. The van der Waals surface area contributed by atoms with Crippen molar-refractivity contribution in [1.82, 2.24) is 4.90 Å². The molecule has 0 heterocycles. The number of rotatable bonds is 8. The number of ether oxygens (including phenoxy) is 2. The number of benzene rings is 2. The van der Waals surface area contributed by atoms with E-state index in [2.05, 4.69) is 5.32 Å². The van der Waals surface area contributed by atoms with Gasteiger partial charge in [0.05, 0.1) is 26.5 Å². The van der Waals surface area contributed by atoms with Crippen LogP contribution < -0.4 is 14.8 Å². The maximum Gasteiger partial charge on any atom is 0.254 e. The van der Waals surface area contributed by atoms with Crippen molar-refractivity contribution in [3.8, 4) is 11.5 Å². The molecule has 0 aromatic heterocycles. The number of thioether (sulfide) groups is 1. The highest BCUT2D eigenvalue weighted by Crippen LogP contribution is 2.34. The molecule has 2 rings (SSSR count). The Morgan fingerprint density at radius 1 is 1.17 bits per heavy atom. The topological polar surface area (TPSA) is 67.9 Å². The Morgan fingerprint density at radius 3 is 2.52 bits per heavy atom. The number of amides is 2. The van der Waals surface area contributed by atoms with Crippen LogP contribution in [0.3, 0.4) is 0 Å². The minimum absolute atomic E-state index is 0.0746. The smallest absolute Gasteiger partial charge is 0.254 e. The number of anilines is 1. The maximum absolute atomic E-state index is 12.9. The van der Waals surface area contributed by atoms with Crippen LogP contribution in [-0.2, 0) is 4.79 Å². The van der Waals surface area contributed by atoms with Crippen molar-refractivity contribution in [1.29, 1.82) is 0 Å². The van der Waals surface area contributed by atoms with Crippen LogP contribution in [0.2, 0.25) is 0 Å². The second-order valence-electron chi connectivity index (χ2n) is 6.21. The van der Waals surface area contributed by atoms with E-state index in [4.69, 9.17) is 9.47 Å². The zero-order chi connectivity index (χ0) is 21.4. The average Bonchev–Trinajstić information content (AvgIpc) is 2.72. The fourth-order valence-electron chi connectivity index (χ4n) is 2.87. The van der Waals surface area contributed by atoms with Gasteiger partial charge in [-0.1, -0.05) is 24.3 Å². The Hall–Kier alpha value is -2.93. The summed E-state index contributed by atoms with van der Waals surface area (Å²) in [6.45, 7) is 1.80. The van der Waals surface area contributed by atoms with Crippen LogP contribution in [0.5, 0.6) is 11.5 Å². The number of nitrogens with one attached hydrogen (secondary N) is 1. The van der Waals surface area contributed by atoms with Gasteiger partial charge in [-0.05, 0) is 37.4 Å². The van der Waals surface area contributed by atoms with E-state index in [-0.39, 0.29) is 18.4 Å². The third-order valence-electron chi connectivity index (χ3n) is 4.21. The lowest BCUT2D eigenvalue weighted by Crippen LogP contribution is -2.35. The summed E-state index contributed by atoms with van der Waals surface area (Å²) >= 11 is 1.55. The van der Waals surface area contributed by atoms with E-state index in [1.165, 1.54) is 12.0 Å². The van der Waals surface area contributed by atoms with Gasteiger partial charge in [-0.3, -0.25) is 9.59 Å². The standard InChI is InChI=1S/C22H26N2O4S/c1-6-9-15-12-16(13-18(27-3)21(15)28-4)22(26)24(2)14-20(25)23-17-10-7-8-11-19(17)29-5/h6-13H,14H2,1-5H3,(H,23,25). The largest absolute Gasteiger partial charge is 0.493 e. The molecule has 2 amide bonds. The van der Waals surface area contributed by atoms with Gasteiger partial charge in [-0.25, -0.2) is 0 Å². The molecule has 29 heavy (non-hydrogen) atoms. The molecule has 6 nitrogen and oxygen atoms in total. The number of likely N-dealkylation sites (N-methyl/N-ethyl adjacent to an activating group) is 1. The molecule has 0 aliphatic carbocycles. The second-order valence-corrected chi connectivity index (χ2v) is 7.06. The van der Waals surface area contributed by atoms with Gasteiger partial charge in [-0.2, -0.15) is 0 Å². The van der Waals surface area contributed by atoms with E-state index in [9.17, 15) is 9.59 Å². The maximum atomic E-state index is 12.9. The number of methoxy groups -OCH3 is 2. The number of carbonyl (C=O) groups excluding carboxylic acids is 2. The Morgan fingerprint density at radius 2 is 1.90 bits per heavy atom. The molecule has 0 bridgehead atoms. The van der Waals surface area contributed by atoms with Crippen molar-refractivity contribution < 1.29 is 19.1 Å². The summed E-state index contributed by atoms with van der Waals surface area (Å²) in [5.74, 6) is 0.455. The molecule has 2 aromatic rings. The minimum atomic E-state index is -0.287. The van der Waals surface area contributed by atoms with Gasteiger partial charge >= 0.3 is 0 Å². The van der Waals surface area contributed by atoms with Crippen LogP contribution in [0.4, 0.5) is 5.69 Å². The quantitative estimate of drug-likeness (QED) is 0.657. The highest BCUT2D eigenvalue weighted by molar-refractivity contribution is 7.98. The molecule has 0 radical (unpaired) electrons. The van der Waals surface area contributed by atoms with Crippen LogP contribution in [-0.4, -0.2) is 50.8 Å². The zero-order valence-corrected chi connectivity index (χ0v) is 18.1. The molecule has 0 aliphatic rings. The molecule has 1 N–H and O–H groups in total.